The molecule has 6 nitrogen and oxygen atoms in total. The van der Waals surface area contributed by atoms with E-state index in [0.29, 0.717) is 25.1 Å². The predicted molar refractivity (Wildman–Crippen MR) is 96.7 cm³/mol. The summed E-state index contributed by atoms with van der Waals surface area (Å²) in [6.07, 6.45) is 7.43. The minimum absolute atomic E-state index is 0.350. The molecule has 0 bridgehead atoms. The van der Waals surface area contributed by atoms with Crippen LogP contribution in [-0.4, -0.2) is 60.4 Å². The number of carboxylic acids is 1. The fourth-order valence-electron chi connectivity index (χ4n) is 4.31. The second kappa shape index (κ2) is 8.15. The van der Waals surface area contributed by atoms with Crippen molar-refractivity contribution in [1.29, 1.82) is 0 Å². The Labute approximate surface area is 149 Å². The molecule has 2 aliphatic rings. The lowest BCUT2D eigenvalue weighted by Gasteiger charge is -2.33. The number of hydrogen-bond donors (Lipinski definition) is 1. The number of likely N-dealkylation sites (tertiary alicyclic amines) is 1. The maximum absolute atomic E-state index is 11.7. The van der Waals surface area contributed by atoms with Gasteiger partial charge in [0.2, 0.25) is 0 Å². The number of carbonyl (C=O) groups is 1. The van der Waals surface area contributed by atoms with Crippen LogP contribution in [0, 0.1) is 5.92 Å². The minimum Gasteiger partial charge on any atom is -0.480 e. The number of aromatic nitrogens is 1. The Balaban J connectivity index is 1.68. The molecule has 2 heterocycles. The largest absolute Gasteiger partial charge is 0.480 e. The van der Waals surface area contributed by atoms with E-state index in [1.165, 1.54) is 19.3 Å². The molecule has 1 aliphatic heterocycles. The van der Waals surface area contributed by atoms with Crippen molar-refractivity contribution in [2.75, 3.05) is 32.2 Å². The van der Waals surface area contributed by atoms with Gasteiger partial charge in [-0.1, -0.05) is 18.9 Å². The van der Waals surface area contributed by atoms with Crippen molar-refractivity contribution < 1.29 is 14.6 Å². The van der Waals surface area contributed by atoms with E-state index in [2.05, 4.69) is 20.9 Å². The maximum Gasteiger partial charge on any atom is 0.320 e. The molecule has 0 aromatic carbocycles. The first-order chi connectivity index (χ1) is 12.1. The Kier molecular flexibility index (Phi) is 5.91. The summed E-state index contributed by atoms with van der Waals surface area (Å²) in [7, 11) is 3.69. The predicted octanol–water partition coefficient (Wildman–Crippen LogP) is 2.38. The highest BCUT2D eigenvalue weighted by Crippen LogP contribution is 2.40. The zero-order valence-electron chi connectivity index (χ0n) is 15.2. The molecule has 3 rings (SSSR count). The molecule has 3 unspecified atom stereocenters. The molecule has 1 saturated heterocycles. The minimum atomic E-state index is -0.682. The smallest absolute Gasteiger partial charge is 0.320 e. The van der Waals surface area contributed by atoms with Crippen molar-refractivity contribution in [3.05, 3.63) is 23.9 Å². The average molecular weight is 347 g/mol. The molecule has 25 heavy (non-hydrogen) atoms. The van der Waals surface area contributed by atoms with Crippen molar-refractivity contribution in [2.24, 2.45) is 5.92 Å². The average Bonchev–Trinajstić information content (AvgIpc) is 2.99. The molecule has 2 fully saturated rings. The van der Waals surface area contributed by atoms with Gasteiger partial charge >= 0.3 is 5.97 Å². The van der Waals surface area contributed by atoms with Gasteiger partial charge in [-0.05, 0) is 36.8 Å². The van der Waals surface area contributed by atoms with E-state index in [1.54, 1.807) is 7.11 Å². The van der Waals surface area contributed by atoms with Crippen molar-refractivity contribution in [3.8, 4) is 0 Å². The van der Waals surface area contributed by atoms with Gasteiger partial charge < -0.3 is 14.7 Å². The number of anilines is 1. The van der Waals surface area contributed by atoms with Gasteiger partial charge in [-0.3, -0.25) is 9.69 Å². The highest BCUT2D eigenvalue weighted by atomic mass is 16.5. The van der Waals surface area contributed by atoms with Gasteiger partial charge in [0.15, 0.2) is 0 Å². The summed E-state index contributed by atoms with van der Waals surface area (Å²) in [5, 5.41) is 9.63. The Morgan fingerprint density at radius 2 is 2.20 bits per heavy atom. The summed E-state index contributed by atoms with van der Waals surface area (Å²) < 4.78 is 5.10. The number of hydrogen-bond acceptors (Lipinski definition) is 5. The molecule has 0 spiro atoms. The maximum atomic E-state index is 11.7. The van der Waals surface area contributed by atoms with E-state index < -0.39 is 5.97 Å². The van der Waals surface area contributed by atoms with Crippen LogP contribution < -0.4 is 4.90 Å². The molecular formula is C19H29N3O3. The first kappa shape index (κ1) is 18.1. The summed E-state index contributed by atoms with van der Waals surface area (Å²) in [6.45, 7) is 2.13. The molecule has 0 amide bonds. The molecule has 1 aromatic rings. The van der Waals surface area contributed by atoms with Crippen molar-refractivity contribution in [1.82, 2.24) is 9.88 Å². The lowest BCUT2D eigenvalue weighted by atomic mass is 9.84. The molecule has 0 radical (unpaired) electrons. The summed E-state index contributed by atoms with van der Waals surface area (Å²) >= 11 is 0. The number of aliphatic carboxylic acids is 1. The van der Waals surface area contributed by atoms with E-state index in [4.69, 9.17) is 4.74 Å². The fraction of sp³-hybridized carbons (Fsp3) is 0.684. The third-order valence-electron chi connectivity index (χ3n) is 5.70. The number of ether oxygens (including phenoxy) is 1. The third-order valence-corrected chi connectivity index (χ3v) is 5.70. The van der Waals surface area contributed by atoms with Crippen LogP contribution in [0.25, 0.3) is 0 Å². The van der Waals surface area contributed by atoms with Crippen LogP contribution in [-0.2, 0) is 16.1 Å². The topological polar surface area (TPSA) is 65.9 Å². The van der Waals surface area contributed by atoms with Crippen LogP contribution in [0.5, 0.6) is 0 Å². The highest BCUT2D eigenvalue weighted by molar-refractivity contribution is 5.74. The summed E-state index contributed by atoms with van der Waals surface area (Å²) in [5.41, 5.74) is 1.08. The number of carboxylic acid groups (broad SMARTS) is 1. The molecule has 6 heteroatoms. The number of nitrogens with zero attached hydrogens (tertiary/aromatic N) is 3. The van der Waals surface area contributed by atoms with E-state index in [1.807, 2.05) is 19.3 Å². The lowest BCUT2D eigenvalue weighted by Crippen LogP contribution is -2.41. The first-order valence-electron chi connectivity index (χ1n) is 9.23. The van der Waals surface area contributed by atoms with Gasteiger partial charge in [0.25, 0.3) is 0 Å². The molecule has 1 aliphatic carbocycles. The Morgan fingerprint density at radius 3 is 2.88 bits per heavy atom. The van der Waals surface area contributed by atoms with E-state index >= 15 is 0 Å². The van der Waals surface area contributed by atoms with Gasteiger partial charge in [-0.25, -0.2) is 4.98 Å². The Hall–Kier alpha value is -1.66. The summed E-state index contributed by atoms with van der Waals surface area (Å²) in [4.78, 5) is 20.5. The fourth-order valence-corrected chi connectivity index (χ4v) is 4.31. The third kappa shape index (κ3) is 4.12. The quantitative estimate of drug-likeness (QED) is 0.817. The van der Waals surface area contributed by atoms with Gasteiger partial charge in [-0.15, -0.1) is 0 Å². The van der Waals surface area contributed by atoms with Gasteiger partial charge in [0, 0.05) is 39.5 Å². The van der Waals surface area contributed by atoms with Crippen molar-refractivity contribution >= 4 is 11.8 Å². The van der Waals surface area contributed by atoms with Gasteiger partial charge in [0.1, 0.15) is 11.9 Å². The van der Waals surface area contributed by atoms with Crippen LogP contribution in [0.15, 0.2) is 18.3 Å². The molecule has 1 N–H and O–H groups in total. The van der Waals surface area contributed by atoms with E-state index in [-0.39, 0.29) is 6.04 Å². The standard InChI is InChI=1S/C19H29N3O3/c1-21(9-10-25-2)18-8-7-14(12-20-18)13-22-16-6-4-3-5-15(16)11-17(22)19(23)24/h7-8,12,15-17H,3-6,9-11,13H2,1-2H3,(H,23,24). The van der Waals surface area contributed by atoms with Crippen molar-refractivity contribution in [3.63, 3.8) is 0 Å². The molecular weight excluding hydrogens is 318 g/mol. The number of pyridine rings is 1. The Morgan fingerprint density at radius 1 is 1.40 bits per heavy atom. The molecule has 3 atom stereocenters. The summed E-state index contributed by atoms with van der Waals surface area (Å²) in [5.74, 6) is 0.771. The van der Waals surface area contributed by atoms with Crippen LogP contribution in [0.2, 0.25) is 0 Å². The zero-order chi connectivity index (χ0) is 17.8. The SMILES string of the molecule is COCCN(C)c1ccc(CN2C(C(=O)O)CC3CCCCC32)cn1. The Bertz CT molecular complexity index is 578. The summed E-state index contributed by atoms with van der Waals surface area (Å²) in [6, 6.07) is 4.15. The number of fused-ring (bicyclic) bond motifs is 1. The number of likely N-dealkylation sites (N-methyl/N-ethyl adjacent to an activating group) is 1. The van der Waals surface area contributed by atoms with Crippen LogP contribution in [0.1, 0.15) is 37.7 Å². The van der Waals surface area contributed by atoms with Crippen LogP contribution >= 0.6 is 0 Å². The normalized spacial score (nSPS) is 26.4. The van der Waals surface area contributed by atoms with Gasteiger partial charge in [0.05, 0.1) is 6.61 Å². The van der Waals surface area contributed by atoms with Crippen LogP contribution in [0.4, 0.5) is 5.82 Å². The van der Waals surface area contributed by atoms with Gasteiger partial charge in [-0.2, -0.15) is 0 Å². The van der Waals surface area contributed by atoms with E-state index in [0.717, 1.165) is 30.8 Å². The molecule has 1 aromatic heterocycles. The highest BCUT2D eigenvalue weighted by Gasteiger charge is 2.44. The van der Waals surface area contributed by atoms with Crippen LogP contribution in [0.3, 0.4) is 0 Å². The number of rotatable bonds is 7. The zero-order valence-corrected chi connectivity index (χ0v) is 15.2. The second-order valence-electron chi connectivity index (χ2n) is 7.31. The molecule has 1 saturated carbocycles. The monoisotopic (exact) mass is 347 g/mol. The first-order valence-corrected chi connectivity index (χ1v) is 9.23. The van der Waals surface area contributed by atoms with Crippen molar-refractivity contribution in [2.45, 2.75) is 50.7 Å². The number of methoxy groups -OCH3 is 1. The second-order valence-corrected chi connectivity index (χ2v) is 7.31. The van der Waals surface area contributed by atoms with E-state index in [9.17, 15) is 9.90 Å². The molecule has 138 valence electrons. The lowest BCUT2D eigenvalue weighted by molar-refractivity contribution is -0.142.